The van der Waals surface area contributed by atoms with Gasteiger partial charge in [-0.1, -0.05) is 17.7 Å². The van der Waals surface area contributed by atoms with Crippen molar-refractivity contribution >= 4 is 34.9 Å². The summed E-state index contributed by atoms with van der Waals surface area (Å²) >= 11 is 6.40. The van der Waals surface area contributed by atoms with Crippen molar-refractivity contribution in [2.75, 3.05) is 43.4 Å². The van der Waals surface area contributed by atoms with E-state index >= 15 is 0 Å². The molecule has 204 valence electrons. The van der Waals surface area contributed by atoms with E-state index in [4.69, 9.17) is 17.3 Å². The average Bonchev–Trinajstić information content (AvgIpc) is 3.35. The Morgan fingerprint density at radius 1 is 1.02 bits per heavy atom. The highest BCUT2D eigenvalue weighted by Crippen LogP contribution is 2.38. The molecule has 0 saturated carbocycles. The van der Waals surface area contributed by atoms with Crippen LogP contribution in [0.25, 0.3) is 16.9 Å². The van der Waals surface area contributed by atoms with Gasteiger partial charge in [0.05, 0.1) is 22.0 Å². The lowest BCUT2D eigenvalue weighted by atomic mass is 9.88. The first kappa shape index (κ1) is 26.0. The molecule has 2 aromatic heterocycles. The summed E-state index contributed by atoms with van der Waals surface area (Å²) in [6.45, 7) is 3.45. The number of pyridine rings is 1. The number of carbonyl (C=O) groups excluding carboxylic acids is 2. The zero-order valence-electron chi connectivity index (χ0n) is 21.8. The highest BCUT2D eigenvalue weighted by Gasteiger charge is 2.28. The lowest BCUT2D eigenvalue weighted by Crippen LogP contribution is -2.44. The van der Waals surface area contributed by atoms with E-state index in [1.807, 2.05) is 18.2 Å². The molecule has 2 aromatic carbocycles. The Hall–Kier alpha value is -4.28. The number of benzene rings is 2. The van der Waals surface area contributed by atoms with E-state index in [1.54, 1.807) is 22.9 Å². The molecule has 0 bridgehead atoms. The number of nitrogens with two attached hydrogens (primary N) is 1. The molecule has 1 aliphatic heterocycles. The second-order valence-corrected chi connectivity index (χ2v) is 10.5. The van der Waals surface area contributed by atoms with Crippen LogP contribution in [-0.2, 0) is 12.8 Å². The number of rotatable bonds is 5. The van der Waals surface area contributed by atoms with Crippen LogP contribution in [0, 0.1) is 5.82 Å². The summed E-state index contributed by atoms with van der Waals surface area (Å²) in [7, 11) is 2.08. The van der Waals surface area contributed by atoms with Crippen molar-refractivity contribution < 1.29 is 14.0 Å². The largest absolute Gasteiger partial charge is 0.364 e. The van der Waals surface area contributed by atoms with Crippen LogP contribution in [0.15, 0.2) is 54.7 Å². The molecule has 1 fully saturated rings. The third-order valence-corrected chi connectivity index (χ3v) is 7.77. The maximum Gasteiger partial charge on any atom is 0.269 e. The minimum atomic E-state index is -0.631. The molecular formula is C29H27ClFN7O2. The first-order chi connectivity index (χ1) is 19.3. The number of nitrogens with zero attached hydrogens (tertiary/aromatic N) is 5. The van der Waals surface area contributed by atoms with Crippen molar-refractivity contribution in [2.45, 2.75) is 12.8 Å². The Morgan fingerprint density at radius 2 is 1.77 bits per heavy atom. The molecule has 0 radical (unpaired) electrons. The van der Waals surface area contributed by atoms with Gasteiger partial charge in [-0.05, 0) is 67.9 Å². The summed E-state index contributed by atoms with van der Waals surface area (Å²) in [6, 6.07) is 13.2. The highest BCUT2D eigenvalue weighted by atomic mass is 35.5. The number of nitrogens with one attached hydrogen (secondary N) is 1. The summed E-state index contributed by atoms with van der Waals surface area (Å²) < 4.78 is 15.3. The second kappa shape index (κ2) is 10.4. The van der Waals surface area contributed by atoms with Gasteiger partial charge in [0.2, 0.25) is 0 Å². The maximum absolute atomic E-state index is 13.6. The molecule has 0 unspecified atom stereocenters. The number of primary amides is 1. The zero-order valence-corrected chi connectivity index (χ0v) is 22.6. The van der Waals surface area contributed by atoms with Crippen molar-refractivity contribution in [2.24, 2.45) is 5.73 Å². The molecule has 6 rings (SSSR count). The lowest BCUT2D eigenvalue weighted by molar-refractivity contribution is 0.0992. The Bertz CT molecular complexity index is 1630. The quantitative estimate of drug-likeness (QED) is 0.383. The standard InChI is InChI=1S/C29H27ClFN7O2/c1-36-10-12-37(13-11-36)25-15-23(24(30)16-33-25)29(40)34-19-6-2-17-3-9-21-26(28(32)39)35-38(27(21)22(17)14-19)20-7-4-18(31)5-8-20/h2,4-8,14-16H,3,9-13H2,1H3,(H2,32,39)(H,34,40). The third kappa shape index (κ3) is 4.80. The van der Waals surface area contributed by atoms with E-state index in [0.29, 0.717) is 41.3 Å². The summed E-state index contributed by atoms with van der Waals surface area (Å²) in [5, 5.41) is 7.72. The van der Waals surface area contributed by atoms with Gasteiger partial charge in [-0.3, -0.25) is 9.59 Å². The van der Waals surface area contributed by atoms with Gasteiger partial charge in [0, 0.05) is 49.2 Å². The number of likely N-dealkylation sites (N-methyl/N-ethyl adjacent to an activating group) is 1. The normalized spacial score (nSPS) is 14.9. The number of amides is 2. The number of fused-ring (bicyclic) bond motifs is 3. The number of hydrogen-bond acceptors (Lipinski definition) is 6. The number of aromatic nitrogens is 3. The van der Waals surface area contributed by atoms with E-state index in [9.17, 15) is 14.0 Å². The predicted molar refractivity (Wildman–Crippen MR) is 152 cm³/mol. The molecule has 4 aromatic rings. The van der Waals surface area contributed by atoms with Crippen LogP contribution in [-0.4, -0.2) is 64.7 Å². The van der Waals surface area contributed by atoms with Crippen molar-refractivity contribution in [3.05, 3.63) is 88.0 Å². The van der Waals surface area contributed by atoms with Crippen molar-refractivity contribution in [1.82, 2.24) is 19.7 Å². The summed E-state index contributed by atoms with van der Waals surface area (Å²) in [5.41, 5.74) is 10.6. The molecule has 3 heterocycles. The number of anilines is 2. The smallest absolute Gasteiger partial charge is 0.269 e. The molecule has 3 N–H and O–H groups in total. The van der Waals surface area contributed by atoms with Crippen LogP contribution < -0.4 is 16.0 Å². The lowest BCUT2D eigenvalue weighted by Gasteiger charge is -2.33. The van der Waals surface area contributed by atoms with Crippen LogP contribution in [0.2, 0.25) is 5.02 Å². The minimum Gasteiger partial charge on any atom is -0.364 e. The van der Waals surface area contributed by atoms with Gasteiger partial charge in [0.15, 0.2) is 5.69 Å². The van der Waals surface area contributed by atoms with Gasteiger partial charge in [0.25, 0.3) is 11.8 Å². The fourth-order valence-corrected chi connectivity index (χ4v) is 5.48. The molecule has 9 nitrogen and oxygen atoms in total. The Balaban J connectivity index is 1.34. The number of halogens is 2. The van der Waals surface area contributed by atoms with Gasteiger partial charge >= 0.3 is 0 Å². The van der Waals surface area contributed by atoms with E-state index in [0.717, 1.165) is 42.9 Å². The van der Waals surface area contributed by atoms with Gasteiger partial charge in [-0.2, -0.15) is 5.10 Å². The SMILES string of the molecule is CN1CCN(c2cc(C(=O)Nc3ccc4c(c3)-c3c(c(C(N)=O)nn3-c3ccc(F)cc3)CC4)c(Cl)cn2)CC1. The van der Waals surface area contributed by atoms with Crippen LogP contribution in [0.3, 0.4) is 0 Å². The second-order valence-electron chi connectivity index (χ2n) is 10.1. The molecule has 0 atom stereocenters. The third-order valence-electron chi connectivity index (χ3n) is 7.47. The number of hydrogen-bond donors (Lipinski definition) is 2. The summed E-state index contributed by atoms with van der Waals surface area (Å²) in [5.74, 6) is -0.659. The van der Waals surface area contributed by atoms with Crippen LogP contribution in [0.1, 0.15) is 32.0 Å². The highest BCUT2D eigenvalue weighted by molar-refractivity contribution is 6.34. The minimum absolute atomic E-state index is 0.180. The molecule has 2 amide bonds. The van der Waals surface area contributed by atoms with Crippen molar-refractivity contribution in [3.8, 4) is 16.9 Å². The zero-order chi connectivity index (χ0) is 28.0. The Kier molecular flexibility index (Phi) is 6.73. The van der Waals surface area contributed by atoms with Gasteiger partial charge in [-0.25, -0.2) is 14.1 Å². The van der Waals surface area contributed by atoms with Gasteiger partial charge in [-0.15, -0.1) is 0 Å². The first-order valence-electron chi connectivity index (χ1n) is 13.0. The average molecular weight is 560 g/mol. The summed E-state index contributed by atoms with van der Waals surface area (Å²) in [6.07, 6.45) is 2.77. The molecule has 1 aliphatic carbocycles. The Morgan fingerprint density at radius 3 is 2.50 bits per heavy atom. The summed E-state index contributed by atoms with van der Waals surface area (Å²) in [4.78, 5) is 34.5. The van der Waals surface area contributed by atoms with Crippen molar-refractivity contribution in [1.29, 1.82) is 0 Å². The van der Waals surface area contributed by atoms with Gasteiger partial charge in [0.1, 0.15) is 11.6 Å². The fourth-order valence-electron chi connectivity index (χ4n) is 5.29. The number of aryl methyl sites for hydroxylation is 1. The van der Waals surface area contributed by atoms with E-state index in [2.05, 4.69) is 32.2 Å². The molecule has 2 aliphatic rings. The molecule has 11 heteroatoms. The van der Waals surface area contributed by atoms with E-state index < -0.39 is 5.91 Å². The topological polar surface area (TPSA) is 109 Å². The molecular weight excluding hydrogens is 533 g/mol. The first-order valence-corrected chi connectivity index (χ1v) is 13.4. The maximum atomic E-state index is 13.6. The fraction of sp³-hybridized carbons (Fsp3) is 0.241. The Labute approximate surface area is 235 Å². The van der Waals surface area contributed by atoms with Crippen molar-refractivity contribution in [3.63, 3.8) is 0 Å². The van der Waals surface area contributed by atoms with E-state index in [-0.39, 0.29) is 22.4 Å². The molecule has 0 spiro atoms. The van der Waals surface area contributed by atoms with Crippen LogP contribution in [0.5, 0.6) is 0 Å². The van der Waals surface area contributed by atoms with Crippen LogP contribution >= 0.6 is 11.6 Å². The van der Waals surface area contributed by atoms with Gasteiger partial charge < -0.3 is 20.9 Å². The molecule has 1 saturated heterocycles. The van der Waals surface area contributed by atoms with E-state index in [1.165, 1.54) is 18.3 Å². The van der Waals surface area contributed by atoms with Crippen LogP contribution in [0.4, 0.5) is 15.9 Å². The monoisotopic (exact) mass is 559 g/mol. The number of carbonyl (C=O) groups is 2. The number of piperazine rings is 1. The predicted octanol–water partition coefficient (Wildman–Crippen LogP) is 3.93. The molecule has 40 heavy (non-hydrogen) atoms.